The molecule has 2 heterocycles. The van der Waals surface area contributed by atoms with Gasteiger partial charge in [0.15, 0.2) is 0 Å². The van der Waals surface area contributed by atoms with E-state index in [1.165, 1.54) is 31.8 Å². The average Bonchev–Trinajstić information content (AvgIpc) is 3.53. The van der Waals surface area contributed by atoms with E-state index in [1.807, 2.05) is 37.7 Å². The Morgan fingerprint density at radius 3 is 2.46 bits per heavy atom. The number of aliphatic imine (C=N–C) groups is 2. The van der Waals surface area contributed by atoms with Gasteiger partial charge in [0.2, 0.25) is 0 Å². The Labute approximate surface area is 303 Å². The van der Waals surface area contributed by atoms with Crippen LogP contribution in [0.15, 0.2) is 53.0 Å². The molecular weight excluding hydrogens is 660 g/mol. The van der Waals surface area contributed by atoms with Gasteiger partial charge in [-0.1, -0.05) is 57.4 Å². The maximum atomic E-state index is 10.1. The summed E-state index contributed by atoms with van der Waals surface area (Å²) in [5, 5.41) is 21.6. The fourth-order valence-corrected chi connectivity index (χ4v) is 4.96. The topological polar surface area (TPSA) is 219 Å². The summed E-state index contributed by atoms with van der Waals surface area (Å²) in [6.07, 6.45) is 12.3. The van der Waals surface area contributed by atoms with Crippen molar-refractivity contribution in [1.29, 1.82) is 0 Å². The number of nitrogens with one attached hydrogen (secondary N) is 2. The summed E-state index contributed by atoms with van der Waals surface area (Å²) in [5.74, 6) is 9.34. The normalized spacial score (nSPS) is 15.9. The first-order valence-corrected chi connectivity index (χ1v) is 17.6. The summed E-state index contributed by atoms with van der Waals surface area (Å²) in [4.78, 5) is 8.49. The molecule has 1 aromatic heterocycles. The van der Waals surface area contributed by atoms with Gasteiger partial charge >= 0.3 is 0 Å². The fraction of sp³-hybridized carbons (Fsp3) is 0.571. The highest BCUT2D eigenvalue weighted by atomic mass is 35.5. The zero-order valence-corrected chi connectivity index (χ0v) is 31.3. The van der Waals surface area contributed by atoms with Crippen LogP contribution in [0.4, 0.5) is 5.69 Å². The molecule has 4 rings (SSSR count). The van der Waals surface area contributed by atoms with E-state index >= 15 is 0 Å². The van der Waals surface area contributed by atoms with Gasteiger partial charge < -0.3 is 41.4 Å². The van der Waals surface area contributed by atoms with Gasteiger partial charge in [-0.05, 0) is 51.3 Å². The maximum absolute atomic E-state index is 10.1. The number of benzene rings is 1. The number of hydrogen-bond acceptors (Lipinski definition) is 12. The number of hydrogen-bond donors (Lipinski definition) is 7. The van der Waals surface area contributed by atoms with E-state index in [4.69, 9.17) is 42.4 Å². The molecule has 1 saturated heterocycles. The number of nitrogens with zero attached hydrogens (tertiary/aromatic N) is 4. The van der Waals surface area contributed by atoms with Crippen molar-refractivity contribution in [2.45, 2.75) is 90.9 Å². The number of rotatable bonds is 14. The van der Waals surface area contributed by atoms with Crippen molar-refractivity contribution < 1.29 is 19.3 Å². The number of halogens is 1. The van der Waals surface area contributed by atoms with Crippen molar-refractivity contribution in [2.24, 2.45) is 33.1 Å². The van der Waals surface area contributed by atoms with Crippen molar-refractivity contribution in [1.82, 2.24) is 15.1 Å². The lowest BCUT2D eigenvalue weighted by molar-refractivity contribution is 0.0546. The van der Waals surface area contributed by atoms with Gasteiger partial charge in [-0.3, -0.25) is 21.4 Å². The molecule has 50 heavy (non-hydrogen) atoms. The van der Waals surface area contributed by atoms with Crippen LogP contribution in [0.5, 0.6) is 11.6 Å². The average molecular weight is 721 g/mol. The van der Waals surface area contributed by atoms with Crippen molar-refractivity contribution in [3.63, 3.8) is 0 Å². The third-order valence-corrected chi connectivity index (χ3v) is 7.64. The number of morpholine rings is 1. The predicted molar refractivity (Wildman–Crippen MR) is 207 cm³/mol. The van der Waals surface area contributed by atoms with E-state index in [9.17, 15) is 5.11 Å². The van der Waals surface area contributed by atoms with Crippen molar-refractivity contribution in [2.75, 3.05) is 44.8 Å². The molecule has 0 unspecified atom stereocenters. The van der Waals surface area contributed by atoms with Crippen LogP contribution in [-0.4, -0.2) is 78.6 Å². The Morgan fingerprint density at radius 1 is 1.22 bits per heavy atom. The van der Waals surface area contributed by atoms with Gasteiger partial charge in [0.05, 0.1) is 55.6 Å². The first kappa shape index (κ1) is 44.4. The second kappa shape index (κ2) is 25.3. The highest BCUT2D eigenvalue weighted by Gasteiger charge is 2.21. The molecule has 0 spiro atoms. The maximum Gasteiger partial charge on any atom is 0.256 e. The van der Waals surface area contributed by atoms with Crippen LogP contribution < -0.4 is 43.3 Å². The summed E-state index contributed by atoms with van der Waals surface area (Å²) < 4.78 is 18.9. The van der Waals surface area contributed by atoms with E-state index in [2.05, 4.69) is 38.9 Å². The van der Waals surface area contributed by atoms with Crippen molar-refractivity contribution in [3.8, 4) is 11.6 Å². The Balaban J connectivity index is 0.00000109. The van der Waals surface area contributed by atoms with E-state index < -0.39 is 5.60 Å². The largest absolute Gasteiger partial charge is 0.487 e. The molecule has 15 heteroatoms. The summed E-state index contributed by atoms with van der Waals surface area (Å²) in [5.41, 5.74) is 12.5. The lowest BCUT2D eigenvalue weighted by atomic mass is 9.96. The zero-order valence-electron chi connectivity index (χ0n) is 30.5. The van der Waals surface area contributed by atoms with Gasteiger partial charge in [0, 0.05) is 37.5 Å². The standard InChI is InChI=1S/C29H42ClN7O3.C4H9NO.C2H6.H4N2/c1-20(16-33-19-32)40-27-14-22(10-11-25(27)30)23(15-31)17-34-21(2)35-26-18-37(24-8-6-5-7-9-24)36-28(26)39-13-12-29(3,4)38;1-3-6-4-2-5-1;2*1-2/h10-11,14-15,17-20,24,35,38H,2,5-9,12-13,16,31H2,1,3-4H3,(H2,32,33);5H,1-4H2;1-2H3;1-2H2/b23-15+,34-17-;;;/t20-;;;/m0.../s1. The molecule has 1 aliphatic heterocycles. The summed E-state index contributed by atoms with van der Waals surface area (Å²) in [6.45, 7) is 18.0. The fourth-order valence-electron chi connectivity index (χ4n) is 4.80. The monoisotopic (exact) mass is 720 g/mol. The number of aliphatic hydroxyl groups is 1. The van der Waals surface area contributed by atoms with E-state index in [0.717, 1.165) is 44.7 Å². The Bertz CT molecular complexity index is 1310. The van der Waals surface area contributed by atoms with Crippen LogP contribution >= 0.6 is 11.6 Å². The third-order valence-electron chi connectivity index (χ3n) is 7.32. The second-order valence-electron chi connectivity index (χ2n) is 11.9. The molecule has 1 atom stereocenters. The SMILES string of the molecule is C1COCCN1.C=C(/N=C\C(=C/N)c1ccc(Cl)c(O[C@@H](C)CN=CN)c1)Nc1cn(C2CCCCC2)nc1OCCC(C)(C)O.CC.NN. The number of aromatic nitrogens is 2. The zero-order chi connectivity index (χ0) is 37.4. The van der Waals surface area contributed by atoms with Crippen molar-refractivity contribution in [3.05, 3.63) is 53.6 Å². The Hall–Kier alpha value is -3.66. The van der Waals surface area contributed by atoms with Gasteiger partial charge in [0.25, 0.3) is 5.88 Å². The molecular formula is C35H61ClN10O4. The molecule has 11 N–H and O–H groups in total. The third kappa shape index (κ3) is 17.3. The van der Waals surface area contributed by atoms with E-state index in [0.29, 0.717) is 59.3 Å². The molecule has 282 valence electrons. The van der Waals surface area contributed by atoms with Gasteiger partial charge in [-0.2, -0.15) is 0 Å². The molecule has 2 aromatic rings. The quantitative estimate of drug-likeness (QED) is 0.0612. The molecule has 1 aliphatic carbocycles. The second-order valence-corrected chi connectivity index (χ2v) is 12.3. The molecule has 0 radical (unpaired) electrons. The van der Waals surface area contributed by atoms with Gasteiger partial charge in [-0.25, -0.2) is 4.99 Å². The van der Waals surface area contributed by atoms with Crippen LogP contribution in [-0.2, 0) is 4.74 Å². The van der Waals surface area contributed by atoms with Crippen LogP contribution in [0.25, 0.3) is 5.57 Å². The summed E-state index contributed by atoms with van der Waals surface area (Å²) >= 11 is 6.34. The van der Waals surface area contributed by atoms with Gasteiger partial charge in [0.1, 0.15) is 23.4 Å². The lowest BCUT2D eigenvalue weighted by Crippen LogP contribution is -2.30. The van der Waals surface area contributed by atoms with Crippen LogP contribution in [0.2, 0.25) is 5.02 Å². The minimum absolute atomic E-state index is 0.218. The number of nitrogens with two attached hydrogens (primary N) is 4. The molecule has 2 fully saturated rings. The smallest absolute Gasteiger partial charge is 0.256 e. The molecule has 0 bridgehead atoms. The van der Waals surface area contributed by atoms with Crippen LogP contribution in [0.1, 0.15) is 84.7 Å². The van der Waals surface area contributed by atoms with Crippen molar-refractivity contribution >= 4 is 35.4 Å². The Morgan fingerprint density at radius 2 is 1.90 bits per heavy atom. The highest BCUT2D eigenvalue weighted by molar-refractivity contribution is 6.32. The first-order chi connectivity index (χ1) is 24.1. The molecule has 0 amide bonds. The Kier molecular flexibility index (Phi) is 22.5. The molecule has 1 aromatic carbocycles. The predicted octanol–water partition coefficient (Wildman–Crippen LogP) is 4.74. The van der Waals surface area contributed by atoms with Crippen LogP contribution in [0.3, 0.4) is 0 Å². The number of hydrazine groups is 1. The number of ether oxygens (including phenoxy) is 3. The molecule has 14 nitrogen and oxygen atoms in total. The van der Waals surface area contributed by atoms with E-state index in [-0.39, 0.29) is 6.10 Å². The van der Waals surface area contributed by atoms with E-state index in [1.54, 1.807) is 32.2 Å². The minimum Gasteiger partial charge on any atom is -0.487 e. The summed E-state index contributed by atoms with van der Waals surface area (Å²) in [6, 6.07) is 5.71. The molecule has 1 saturated carbocycles. The number of anilines is 1. The van der Waals surface area contributed by atoms with Crippen LogP contribution in [0, 0.1) is 0 Å². The minimum atomic E-state index is -0.832. The number of allylic oxidation sites excluding steroid dienone is 1. The lowest BCUT2D eigenvalue weighted by Gasteiger charge is -2.21. The summed E-state index contributed by atoms with van der Waals surface area (Å²) in [7, 11) is 0. The highest BCUT2D eigenvalue weighted by Crippen LogP contribution is 2.33. The van der Waals surface area contributed by atoms with Gasteiger partial charge in [-0.15, -0.1) is 5.10 Å². The first-order valence-electron chi connectivity index (χ1n) is 17.2. The molecule has 2 aliphatic rings.